The van der Waals surface area contributed by atoms with E-state index in [1.54, 1.807) is 17.4 Å². The normalized spacial score (nSPS) is 19.1. The largest absolute Gasteiger partial charge is 0.505 e. The van der Waals surface area contributed by atoms with Crippen LogP contribution in [0.5, 0.6) is 0 Å². The van der Waals surface area contributed by atoms with Crippen LogP contribution in [0.1, 0.15) is 13.8 Å². The molecule has 0 spiro atoms. The maximum Gasteiger partial charge on any atom is 0.505 e. The fourth-order valence-corrected chi connectivity index (χ4v) is 2.95. The van der Waals surface area contributed by atoms with Gasteiger partial charge in [0.2, 0.25) is 0 Å². The van der Waals surface area contributed by atoms with Crippen LogP contribution in [0, 0.1) is 5.82 Å². The molecule has 0 unspecified atom stereocenters. The summed E-state index contributed by atoms with van der Waals surface area (Å²) in [7, 11) is -0.314. The fraction of sp³-hybridized carbons (Fsp3) is 0.333. The van der Waals surface area contributed by atoms with Crippen LogP contribution in [-0.2, 0) is 9.31 Å². The molecule has 17 heavy (non-hydrogen) atoms. The van der Waals surface area contributed by atoms with Gasteiger partial charge < -0.3 is 9.31 Å². The maximum absolute atomic E-state index is 13.1. The lowest BCUT2D eigenvalue weighted by Gasteiger charge is -2.14. The van der Waals surface area contributed by atoms with Crippen molar-refractivity contribution < 1.29 is 13.7 Å². The SMILES string of the molecule is CC1(C)COB(c2cc3cc(F)ccc3s2)O1. The smallest absolute Gasteiger partial charge is 0.404 e. The maximum atomic E-state index is 13.1. The number of hydrogen-bond donors (Lipinski definition) is 0. The van der Waals surface area contributed by atoms with Gasteiger partial charge in [-0.05, 0) is 43.5 Å². The highest BCUT2D eigenvalue weighted by atomic mass is 32.1. The second-order valence-corrected chi connectivity index (χ2v) is 5.97. The van der Waals surface area contributed by atoms with Crippen molar-refractivity contribution >= 4 is 33.3 Å². The second-order valence-electron chi connectivity index (χ2n) is 4.85. The molecule has 2 aromatic rings. The van der Waals surface area contributed by atoms with E-state index in [1.807, 2.05) is 19.9 Å². The zero-order valence-corrected chi connectivity index (χ0v) is 10.5. The highest BCUT2D eigenvalue weighted by Crippen LogP contribution is 2.25. The predicted octanol–water partition coefficient (Wildman–Crippen LogP) is 2.56. The van der Waals surface area contributed by atoms with E-state index < -0.39 is 0 Å². The molecule has 2 nitrogen and oxygen atoms in total. The molecule has 1 fully saturated rings. The lowest BCUT2D eigenvalue weighted by molar-refractivity contribution is 0.137. The highest BCUT2D eigenvalue weighted by Gasteiger charge is 2.39. The molecule has 5 heteroatoms. The van der Waals surface area contributed by atoms with Gasteiger partial charge in [0, 0.05) is 9.48 Å². The number of fused-ring (bicyclic) bond motifs is 1. The minimum atomic E-state index is -0.314. The average Bonchev–Trinajstić information content (AvgIpc) is 2.80. The summed E-state index contributed by atoms with van der Waals surface area (Å²) in [5.41, 5.74) is -0.244. The summed E-state index contributed by atoms with van der Waals surface area (Å²) in [5, 5.41) is 0.905. The molecule has 0 saturated carbocycles. The molecule has 1 aliphatic rings. The molecule has 3 rings (SSSR count). The van der Waals surface area contributed by atoms with Gasteiger partial charge >= 0.3 is 7.12 Å². The Labute approximate surface area is 103 Å². The van der Waals surface area contributed by atoms with Gasteiger partial charge in [-0.2, -0.15) is 0 Å². The van der Waals surface area contributed by atoms with Crippen LogP contribution in [0.2, 0.25) is 0 Å². The van der Waals surface area contributed by atoms with Crippen LogP contribution in [0.3, 0.4) is 0 Å². The summed E-state index contributed by atoms with van der Waals surface area (Å²) in [6.07, 6.45) is 0. The Balaban J connectivity index is 1.96. The summed E-state index contributed by atoms with van der Waals surface area (Å²) >= 11 is 1.59. The molecule has 0 amide bonds. The van der Waals surface area contributed by atoms with Gasteiger partial charge in [0.15, 0.2) is 0 Å². The zero-order valence-electron chi connectivity index (χ0n) is 9.70. The van der Waals surface area contributed by atoms with Gasteiger partial charge in [0.05, 0.1) is 12.2 Å². The fourth-order valence-electron chi connectivity index (χ4n) is 1.93. The van der Waals surface area contributed by atoms with Gasteiger partial charge in [-0.1, -0.05) is 0 Å². The Bertz CT molecular complexity index is 567. The van der Waals surface area contributed by atoms with Crippen LogP contribution < -0.4 is 4.78 Å². The molecular weight excluding hydrogens is 238 g/mol. The van der Waals surface area contributed by atoms with Crippen molar-refractivity contribution in [2.75, 3.05) is 6.61 Å². The van der Waals surface area contributed by atoms with Crippen LogP contribution >= 0.6 is 11.3 Å². The third-order valence-electron chi connectivity index (χ3n) is 2.74. The molecule has 0 N–H and O–H groups in total. The first kappa shape index (κ1) is 11.2. The number of thiophene rings is 1. The van der Waals surface area contributed by atoms with Crippen molar-refractivity contribution in [3.05, 3.63) is 30.1 Å². The van der Waals surface area contributed by atoms with Crippen LogP contribution in [-0.4, -0.2) is 19.3 Å². The Kier molecular flexibility index (Phi) is 2.50. The van der Waals surface area contributed by atoms with E-state index in [9.17, 15) is 4.39 Å². The first-order valence-corrected chi connectivity index (χ1v) is 6.34. The van der Waals surface area contributed by atoms with E-state index in [0.29, 0.717) is 6.61 Å². The molecule has 2 heterocycles. The molecule has 0 aliphatic carbocycles. The van der Waals surface area contributed by atoms with E-state index in [2.05, 4.69) is 0 Å². The molecule has 88 valence electrons. The summed E-state index contributed by atoms with van der Waals surface area (Å²) in [6.45, 7) is 4.58. The third kappa shape index (κ3) is 2.10. The standard InChI is InChI=1S/C12H12BFO2S/c1-12(2)7-15-13(16-12)11-6-8-5-9(14)3-4-10(8)17-11/h3-6H,7H2,1-2H3. The van der Waals surface area contributed by atoms with Crippen LogP contribution in [0.25, 0.3) is 10.1 Å². The number of benzene rings is 1. The Morgan fingerprint density at radius 3 is 2.88 bits per heavy atom. The first-order valence-electron chi connectivity index (χ1n) is 5.52. The Morgan fingerprint density at radius 2 is 2.18 bits per heavy atom. The average molecular weight is 250 g/mol. The lowest BCUT2D eigenvalue weighted by atomic mass is 9.87. The lowest BCUT2D eigenvalue weighted by Crippen LogP contribution is -2.32. The molecule has 1 saturated heterocycles. The molecule has 1 aromatic carbocycles. The number of rotatable bonds is 1. The summed E-state index contributed by atoms with van der Waals surface area (Å²) < 4.78 is 26.5. The van der Waals surface area contributed by atoms with Gasteiger partial charge in [0.25, 0.3) is 0 Å². The van der Waals surface area contributed by atoms with Gasteiger partial charge in [0.1, 0.15) is 5.82 Å². The van der Waals surface area contributed by atoms with Crippen molar-refractivity contribution in [3.63, 3.8) is 0 Å². The zero-order chi connectivity index (χ0) is 12.0. The summed E-state index contributed by atoms with van der Waals surface area (Å²) in [5.74, 6) is -0.213. The van der Waals surface area contributed by atoms with Crippen molar-refractivity contribution in [3.8, 4) is 0 Å². The van der Waals surface area contributed by atoms with E-state index in [-0.39, 0.29) is 18.5 Å². The first-order chi connectivity index (χ1) is 8.03. The van der Waals surface area contributed by atoms with Crippen LogP contribution in [0.15, 0.2) is 24.3 Å². The predicted molar refractivity (Wildman–Crippen MR) is 68.3 cm³/mol. The summed E-state index contributed by atoms with van der Waals surface area (Å²) in [6, 6.07) is 6.74. The van der Waals surface area contributed by atoms with E-state index >= 15 is 0 Å². The number of hydrogen-bond acceptors (Lipinski definition) is 3. The minimum Gasteiger partial charge on any atom is -0.404 e. The monoisotopic (exact) mass is 250 g/mol. The molecule has 0 atom stereocenters. The van der Waals surface area contributed by atoms with E-state index in [4.69, 9.17) is 9.31 Å². The summed E-state index contributed by atoms with van der Waals surface area (Å²) in [4.78, 5) is 0. The third-order valence-corrected chi connectivity index (χ3v) is 3.88. The van der Waals surface area contributed by atoms with Crippen molar-refractivity contribution in [1.82, 2.24) is 0 Å². The van der Waals surface area contributed by atoms with Gasteiger partial charge in [-0.3, -0.25) is 0 Å². The van der Waals surface area contributed by atoms with Crippen LogP contribution in [0.4, 0.5) is 4.39 Å². The minimum absolute atomic E-state index is 0.213. The second kappa shape index (κ2) is 3.80. The topological polar surface area (TPSA) is 18.5 Å². The molecule has 0 radical (unpaired) electrons. The highest BCUT2D eigenvalue weighted by molar-refractivity contribution is 7.28. The van der Waals surface area contributed by atoms with Gasteiger partial charge in [-0.25, -0.2) is 4.39 Å². The van der Waals surface area contributed by atoms with E-state index in [1.165, 1.54) is 12.1 Å². The van der Waals surface area contributed by atoms with Crippen molar-refractivity contribution in [2.24, 2.45) is 0 Å². The molecule has 1 aromatic heterocycles. The van der Waals surface area contributed by atoms with Crippen molar-refractivity contribution in [2.45, 2.75) is 19.4 Å². The molecular formula is C12H12BFO2S. The van der Waals surface area contributed by atoms with Gasteiger partial charge in [-0.15, -0.1) is 11.3 Å². The quantitative estimate of drug-likeness (QED) is 0.724. The van der Waals surface area contributed by atoms with Crippen molar-refractivity contribution in [1.29, 1.82) is 0 Å². The van der Waals surface area contributed by atoms with E-state index in [0.717, 1.165) is 14.9 Å². The Hall–Kier alpha value is -0.905. The molecule has 1 aliphatic heterocycles. The number of halogens is 1. The Morgan fingerprint density at radius 1 is 1.35 bits per heavy atom. The molecule has 0 bridgehead atoms.